The fraction of sp³-hybridized carbons (Fsp3) is 0.308. The third kappa shape index (κ3) is 4.25. The van der Waals surface area contributed by atoms with Crippen LogP contribution in [0, 0.1) is 11.7 Å². The number of aryl methyl sites for hydroxylation is 1. The van der Waals surface area contributed by atoms with E-state index in [2.05, 4.69) is 11.9 Å². The summed E-state index contributed by atoms with van der Waals surface area (Å²) in [7, 11) is 0. The van der Waals surface area contributed by atoms with E-state index >= 15 is 0 Å². The fourth-order valence-electron chi connectivity index (χ4n) is 4.30. The second kappa shape index (κ2) is 8.98. The van der Waals surface area contributed by atoms with Crippen LogP contribution in [-0.4, -0.2) is 16.6 Å². The van der Waals surface area contributed by atoms with Crippen molar-refractivity contribution in [3.05, 3.63) is 74.6 Å². The minimum atomic E-state index is -0.310. The summed E-state index contributed by atoms with van der Waals surface area (Å²) in [6, 6.07) is 11.9. The van der Waals surface area contributed by atoms with Crippen molar-refractivity contribution >= 4 is 21.6 Å². The van der Waals surface area contributed by atoms with Gasteiger partial charge in [-0.3, -0.25) is 4.79 Å². The van der Waals surface area contributed by atoms with Crippen LogP contribution in [0.2, 0.25) is 0 Å². The van der Waals surface area contributed by atoms with Crippen molar-refractivity contribution in [1.29, 1.82) is 0 Å². The predicted molar refractivity (Wildman–Crippen MR) is 129 cm³/mol. The van der Waals surface area contributed by atoms with Gasteiger partial charge in [-0.15, -0.1) is 11.3 Å². The van der Waals surface area contributed by atoms with Gasteiger partial charge in [-0.25, -0.2) is 9.37 Å². The number of hydrogen-bond donors (Lipinski definition) is 1. The number of aromatic nitrogens is 2. The number of fused-ring (bicyclic) bond motifs is 3. The summed E-state index contributed by atoms with van der Waals surface area (Å²) in [5.41, 5.74) is 2.27. The van der Waals surface area contributed by atoms with Crippen LogP contribution in [0.1, 0.15) is 36.3 Å². The standard InChI is InChI=1S/C26H25FN2O3S/c1-3-31-21-13-16(9-11-20(21)32-14-17-6-4-5-7-19(17)27)24-28-25(30)23-18-10-8-15(2)12-22(18)33-26(23)29-24/h4-7,9,11,13,15H,3,8,10,12,14H2,1-2H3,(H,28,29,30). The van der Waals surface area contributed by atoms with Crippen molar-refractivity contribution in [2.75, 3.05) is 6.61 Å². The molecule has 2 aromatic heterocycles. The van der Waals surface area contributed by atoms with Crippen LogP contribution in [0.15, 0.2) is 47.3 Å². The Bertz CT molecular complexity index is 1380. The molecular formula is C26H25FN2O3S. The first-order valence-corrected chi connectivity index (χ1v) is 12.0. The van der Waals surface area contributed by atoms with Crippen LogP contribution in [0.25, 0.3) is 21.6 Å². The van der Waals surface area contributed by atoms with E-state index in [-0.39, 0.29) is 18.0 Å². The highest BCUT2D eigenvalue weighted by atomic mass is 32.1. The summed E-state index contributed by atoms with van der Waals surface area (Å²) in [5, 5.41) is 0.737. The minimum Gasteiger partial charge on any atom is -0.490 e. The maximum Gasteiger partial charge on any atom is 0.260 e. The molecule has 5 nitrogen and oxygen atoms in total. The molecule has 2 aromatic carbocycles. The normalized spacial score (nSPS) is 15.4. The van der Waals surface area contributed by atoms with E-state index in [0.717, 1.165) is 35.0 Å². The Hall–Kier alpha value is -3.19. The van der Waals surface area contributed by atoms with Gasteiger partial charge in [0, 0.05) is 16.0 Å². The molecule has 7 heteroatoms. The van der Waals surface area contributed by atoms with E-state index in [4.69, 9.17) is 14.5 Å². The molecule has 0 fully saturated rings. The van der Waals surface area contributed by atoms with E-state index in [0.29, 0.717) is 35.4 Å². The maximum absolute atomic E-state index is 13.9. The van der Waals surface area contributed by atoms with Gasteiger partial charge in [-0.05, 0) is 61.9 Å². The highest BCUT2D eigenvalue weighted by molar-refractivity contribution is 7.18. The van der Waals surface area contributed by atoms with Crippen LogP contribution in [0.3, 0.4) is 0 Å². The molecule has 0 saturated heterocycles. The third-order valence-corrected chi connectivity index (χ3v) is 7.17. The monoisotopic (exact) mass is 464 g/mol. The quantitative estimate of drug-likeness (QED) is 0.386. The van der Waals surface area contributed by atoms with E-state index in [1.54, 1.807) is 41.7 Å². The highest BCUT2D eigenvalue weighted by Gasteiger charge is 2.23. The zero-order valence-electron chi connectivity index (χ0n) is 18.6. The Morgan fingerprint density at radius 2 is 2.03 bits per heavy atom. The average molecular weight is 465 g/mol. The molecule has 4 aromatic rings. The Morgan fingerprint density at radius 1 is 1.18 bits per heavy atom. The van der Waals surface area contributed by atoms with Gasteiger partial charge in [0.1, 0.15) is 23.1 Å². The number of rotatable bonds is 6. The molecule has 0 radical (unpaired) electrons. The van der Waals surface area contributed by atoms with E-state index in [9.17, 15) is 9.18 Å². The van der Waals surface area contributed by atoms with E-state index in [1.807, 2.05) is 13.0 Å². The zero-order chi connectivity index (χ0) is 22.9. The number of benzene rings is 2. The van der Waals surface area contributed by atoms with Crippen molar-refractivity contribution in [2.45, 2.75) is 39.7 Å². The maximum atomic E-state index is 13.9. The van der Waals surface area contributed by atoms with Crippen LogP contribution >= 0.6 is 11.3 Å². The van der Waals surface area contributed by atoms with Crippen LogP contribution in [-0.2, 0) is 19.4 Å². The summed E-state index contributed by atoms with van der Waals surface area (Å²) in [6.45, 7) is 4.67. The summed E-state index contributed by atoms with van der Waals surface area (Å²) in [4.78, 5) is 22.8. The molecule has 170 valence electrons. The molecule has 2 heterocycles. The van der Waals surface area contributed by atoms with Gasteiger partial charge < -0.3 is 14.5 Å². The Kier molecular flexibility index (Phi) is 5.89. The number of H-pyrrole nitrogens is 1. The van der Waals surface area contributed by atoms with E-state index < -0.39 is 0 Å². The van der Waals surface area contributed by atoms with Crippen LogP contribution < -0.4 is 15.0 Å². The van der Waals surface area contributed by atoms with Crippen molar-refractivity contribution in [3.8, 4) is 22.9 Å². The van der Waals surface area contributed by atoms with Gasteiger partial charge in [0.05, 0.1) is 12.0 Å². The lowest BCUT2D eigenvalue weighted by Crippen LogP contribution is -2.13. The minimum absolute atomic E-state index is 0.0896. The van der Waals surface area contributed by atoms with Crippen molar-refractivity contribution in [1.82, 2.24) is 9.97 Å². The number of aromatic amines is 1. The number of thiophene rings is 1. The van der Waals surface area contributed by atoms with Crippen molar-refractivity contribution < 1.29 is 13.9 Å². The van der Waals surface area contributed by atoms with Gasteiger partial charge in [-0.2, -0.15) is 0 Å². The summed E-state index contributed by atoms with van der Waals surface area (Å²) < 4.78 is 25.6. The number of ether oxygens (including phenoxy) is 2. The van der Waals surface area contributed by atoms with Gasteiger partial charge in [0.15, 0.2) is 11.5 Å². The predicted octanol–water partition coefficient (Wildman–Crippen LogP) is 5.89. The molecule has 0 aliphatic heterocycles. The average Bonchev–Trinajstić information content (AvgIpc) is 3.17. The van der Waals surface area contributed by atoms with Crippen LogP contribution in [0.4, 0.5) is 4.39 Å². The molecule has 0 amide bonds. The second-order valence-corrected chi connectivity index (χ2v) is 9.50. The molecule has 1 atom stereocenters. The Labute approximate surface area is 195 Å². The molecule has 0 spiro atoms. The topological polar surface area (TPSA) is 64.2 Å². The smallest absolute Gasteiger partial charge is 0.260 e. The summed E-state index contributed by atoms with van der Waals surface area (Å²) in [5.74, 6) is 1.85. The summed E-state index contributed by atoms with van der Waals surface area (Å²) in [6.07, 6.45) is 3.04. The zero-order valence-corrected chi connectivity index (χ0v) is 19.4. The Morgan fingerprint density at radius 3 is 2.85 bits per heavy atom. The van der Waals surface area contributed by atoms with Gasteiger partial charge >= 0.3 is 0 Å². The highest BCUT2D eigenvalue weighted by Crippen LogP contribution is 2.37. The molecule has 0 saturated carbocycles. The first kappa shape index (κ1) is 21.6. The number of hydrogen-bond acceptors (Lipinski definition) is 5. The SMILES string of the molecule is CCOc1cc(-c2nc3sc4c(c3c(=O)[nH]2)CCC(C)C4)ccc1OCc1ccccc1F. The van der Waals surface area contributed by atoms with Gasteiger partial charge in [0.25, 0.3) is 5.56 Å². The lowest BCUT2D eigenvalue weighted by atomic mass is 9.89. The number of halogens is 1. The first-order valence-electron chi connectivity index (χ1n) is 11.2. The molecule has 0 bridgehead atoms. The third-order valence-electron chi connectivity index (χ3n) is 6.02. The van der Waals surface area contributed by atoms with Gasteiger partial charge in [-0.1, -0.05) is 25.1 Å². The van der Waals surface area contributed by atoms with Crippen molar-refractivity contribution in [2.24, 2.45) is 5.92 Å². The molecule has 33 heavy (non-hydrogen) atoms. The lowest BCUT2D eigenvalue weighted by molar-refractivity contribution is 0.266. The van der Waals surface area contributed by atoms with Gasteiger partial charge in [0.2, 0.25) is 0 Å². The molecular weight excluding hydrogens is 439 g/mol. The molecule has 5 rings (SSSR count). The fourth-order valence-corrected chi connectivity index (χ4v) is 5.68. The summed E-state index contributed by atoms with van der Waals surface area (Å²) >= 11 is 1.63. The molecule has 1 unspecified atom stereocenters. The Balaban J connectivity index is 1.48. The number of nitrogens with one attached hydrogen (secondary N) is 1. The van der Waals surface area contributed by atoms with Crippen molar-refractivity contribution in [3.63, 3.8) is 0 Å². The lowest BCUT2D eigenvalue weighted by Gasteiger charge is -2.17. The first-order chi connectivity index (χ1) is 16.0. The largest absolute Gasteiger partial charge is 0.490 e. The molecule has 1 aliphatic carbocycles. The number of nitrogens with zero attached hydrogens (tertiary/aromatic N) is 1. The molecule has 1 N–H and O–H groups in total. The van der Waals surface area contributed by atoms with Crippen LogP contribution in [0.5, 0.6) is 11.5 Å². The molecule has 1 aliphatic rings. The second-order valence-electron chi connectivity index (χ2n) is 8.42. The van der Waals surface area contributed by atoms with E-state index in [1.165, 1.54) is 16.5 Å².